The number of methoxy groups -OCH3 is 1. The average Bonchev–Trinajstić information content (AvgIpc) is 3.10. The van der Waals surface area contributed by atoms with Crippen LogP contribution in [0.4, 0.5) is 0 Å². The van der Waals surface area contributed by atoms with E-state index >= 15 is 0 Å². The second-order valence-electron chi connectivity index (χ2n) is 6.48. The number of benzene rings is 2. The van der Waals surface area contributed by atoms with E-state index in [-0.39, 0.29) is 5.56 Å². The molecule has 0 aliphatic carbocycles. The summed E-state index contributed by atoms with van der Waals surface area (Å²) in [5, 5.41) is 9.94. The molecular formula is C22H19N3O3S. The number of fused-ring (bicyclic) bond motifs is 1. The van der Waals surface area contributed by atoms with Crippen LogP contribution in [0.2, 0.25) is 0 Å². The normalized spacial score (nSPS) is 10.9. The first-order valence-electron chi connectivity index (χ1n) is 9.02. The number of nitrogens with zero attached hydrogens (tertiary/aromatic N) is 3. The van der Waals surface area contributed by atoms with Crippen LogP contribution in [0.1, 0.15) is 21.5 Å². The topological polar surface area (TPSA) is 77.2 Å². The standard InChI is InChI=1S/C22H19N3O3S/c1-28-18-8-4-15(5-9-18)13-25-20-12-23-11-10-19(20)24-22(25)29-14-16-2-6-17(7-3-16)21(26)27/h2-12H,13-14H2,1H3,(H,26,27). The van der Waals surface area contributed by atoms with Gasteiger partial charge in [-0.15, -0.1) is 0 Å². The van der Waals surface area contributed by atoms with Crippen molar-refractivity contribution in [3.05, 3.63) is 83.7 Å². The molecule has 0 unspecified atom stereocenters. The van der Waals surface area contributed by atoms with Crippen LogP contribution in [0.25, 0.3) is 11.0 Å². The number of carboxylic acids is 1. The number of pyridine rings is 1. The Morgan fingerprint density at radius 3 is 2.48 bits per heavy atom. The number of imidazole rings is 1. The summed E-state index contributed by atoms with van der Waals surface area (Å²) in [7, 11) is 1.65. The first-order chi connectivity index (χ1) is 14.1. The van der Waals surface area contributed by atoms with E-state index in [0.29, 0.717) is 12.3 Å². The Labute approximate surface area is 172 Å². The van der Waals surface area contributed by atoms with Crippen LogP contribution >= 0.6 is 11.8 Å². The Kier molecular flexibility index (Phi) is 5.48. The molecular weight excluding hydrogens is 386 g/mol. The number of hydrogen-bond donors (Lipinski definition) is 1. The van der Waals surface area contributed by atoms with E-state index in [1.165, 1.54) is 0 Å². The number of ether oxygens (including phenoxy) is 1. The molecule has 0 aliphatic heterocycles. The third-order valence-electron chi connectivity index (χ3n) is 4.58. The van der Waals surface area contributed by atoms with Gasteiger partial charge in [0.25, 0.3) is 0 Å². The second-order valence-corrected chi connectivity index (χ2v) is 7.43. The van der Waals surface area contributed by atoms with Crippen LogP contribution in [0.5, 0.6) is 5.75 Å². The highest BCUT2D eigenvalue weighted by molar-refractivity contribution is 7.98. The van der Waals surface area contributed by atoms with Crippen molar-refractivity contribution in [2.75, 3.05) is 7.11 Å². The number of aromatic nitrogens is 3. The lowest BCUT2D eigenvalue weighted by atomic mass is 10.1. The number of aromatic carboxylic acids is 1. The van der Waals surface area contributed by atoms with E-state index < -0.39 is 5.97 Å². The summed E-state index contributed by atoms with van der Waals surface area (Å²) in [5.41, 5.74) is 4.35. The minimum atomic E-state index is -0.919. The van der Waals surface area contributed by atoms with Gasteiger partial charge in [-0.25, -0.2) is 9.78 Å². The maximum absolute atomic E-state index is 11.0. The van der Waals surface area contributed by atoms with E-state index in [1.54, 1.807) is 37.2 Å². The van der Waals surface area contributed by atoms with Gasteiger partial charge in [-0.05, 0) is 41.5 Å². The SMILES string of the molecule is COc1ccc(Cn2c(SCc3ccc(C(=O)O)cc3)nc3ccncc32)cc1. The smallest absolute Gasteiger partial charge is 0.335 e. The third-order valence-corrected chi connectivity index (χ3v) is 5.63. The van der Waals surface area contributed by atoms with Crippen molar-refractivity contribution in [3.8, 4) is 5.75 Å². The highest BCUT2D eigenvalue weighted by Gasteiger charge is 2.12. The first-order valence-corrected chi connectivity index (χ1v) is 10.0. The molecule has 4 rings (SSSR count). The van der Waals surface area contributed by atoms with Crippen molar-refractivity contribution in [2.45, 2.75) is 17.5 Å². The fraction of sp³-hybridized carbons (Fsp3) is 0.136. The van der Waals surface area contributed by atoms with Gasteiger partial charge in [0, 0.05) is 11.9 Å². The lowest BCUT2D eigenvalue weighted by molar-refractivity contribution is 0.0697. The Morgan fingerprint density at radius 1 is 1.07 bits per heavy atom. The summed E-state index contributed by atoms with van der Waals surface area (Å²) in [5.74, 6) is 0.600. The molecule has 7 heteroatoms. The number of carbonyl (C=O) groups is 1. The molecule has 29 heavy (non-hydrogen) atoms. The molecule has 1 N–H and O–H groups in total. The average molecular weight is 405 g/mol. The summed E-state index contributed by atoms with van der Waals surface area (Å²) in [6.07, 6.45) is 3.57. The van der Waals surface area contributed by atoms with Gasteiger partial charge in [-0.1, -0.05) is 36.0 Å². The maximum Gasteiger partial charge on any atom is 0.335 e. The zero-order valence-electron chi connectivity index (χ0n) is 15.8. The van der Waals surface area contributed by atoms with Gasteiger partial charge < -0.3 is 14.4 Å². The molecule has 6 nitrogen and oxygen atoms in total. The number of hydrogen-bond acceptors (Lipinski definition) is 5. The molecule has 0 fully saturated rings. The van der Waals surface area contributed by atoms with Crippen LogP contribution in [0.3, 0.4) is 0 Å². The Hall–Kier alpha value is -3.32. The number of rotatable bonds is 7. The molecule has 4 aromatic rings. The van der Waals surface area contributed by atoms with Gasteiger partial charge in [0.1, 0.15) is 5.75 Å². The van der Waals surface area contributed by atoms with Gasteiger partial charge >= 0.3 is 5.97 Å². The molecule has 0 radical (unpaired) electrons. The monoisotopic (exact) mass is 405 g/mol. The molecule has 0 spiro atoms. The zero-order chi connectivity index (χ0) is 20.2. The fourth-order valence-electron chi connectivity index (χ4n) is 3.02. The van der Waals surface area contributed by atoms with Gasteiger partial charge in [-0.3, -0.25) is 4.98 Å². The number of thioether (sulfide) groups is 1. The van der Waals surface area contributed by atoms with Crippen LogP contribution < -0.4 is 4.74 Å². The molecule has 0 saturated carbocycles. The summed E-state index contributed by atoms with van der Waals surface area (Å²) in [4.78, 5) is 20.0. The van der Waals surface area contributed by atoms with Crippen LogP contribution in [-0.4, -0.2) is 32.7 Å². The van der Waals surface area contributed by atoms with E-state index in [9.17, 15) is 4.79 Å². The molecule has 2 aromatic carbocycles. The Balaban J connectivity index is 1.59. The quantitative estimate of drug-likeness (QED) is 0.457. The van der Waals surface area contributed by atoms with Crippen LogP contribution in [0.15, 0.2) is 72.1 Å². The van der Waals surface area contributed by atoms with E-state index in [1.807, 2.05) is 48.7 Å². The largest absolute Gasteiger partial charge is 0.497 e. The fourth-order valence-corrected chi connectivity index (χ4v) is 3.99. The minimum Gasteiger partial charge on any atom is -0.497 e. The van der Waals surface area contributed by atoms with Crippen LogP contribution in [-0.2, 0) is 12.3 Å². The maximum atomic E-state index is 11.0. The summed E-state index contributed by atoms with van der Waals surface area (Å²) in [6.45, 7) is 0.673. The van der Waals surface area contributed by atoms with Crippen molar-refractivity contribution >= 4 is 28.8 Å². The van der Waals surface area contributed by atoms with Gasteiger partial charge in [0.2, 0.25) is 0 Å². The van der Waals surface area contributed by atoms with E-state index in [4.69, 9.17) is 14.8 Å². The zero-order valence-corrected chi connectivity index (χ0v) is 16.6. The lowest BCUT2D eigenvalue weighted by Gasteiger charge is -2.10. The first kappa shape index (κ1) is 19.0. The van der Waals surface area contributed by atoms with Crippen molar-refractivity contribution in [2.24, 2.45) is 0 Å². The molecule has 0 amide bonds. The lowest BCUT2D eigenvalue weighted by Crippen LogP contribution is -2.02. The highest BCUT2D eigenvalue weighted by Crippen LogP contribution is 2.28. The van der Waals surface area contributed by atoms with Gasteiger partial charge in [0.05, 0.1) is 36.4 Å². The molecule has 2 heterocycles. The van der Waals surface area contributed by atoms with Crippen LogP contribution in [0, 0.1) is 0 Å². The summed E-state index contributed by atoms with van der Waals surface area (Å²) in [6, 6.07) is 16.8. The van der Waals surface area contributed by atoms with Crippen molar-refractivity contribution in [3.63, 3.8) is 0 Å². The Bertz CT molecular complexity index is 1140. The Morgan fingerprint density at radius 2 is 1.79 bits per heavy atom. The van der Waals surface area contributed by atoms with E-state index in [2.05, 4.69) is 9.55 Å². The van der Waals surface area contributed by atoms with E-state index in [0.717, 1.165) is 33.1 Å². The van der Waals surface area contributed by atoms with Gasteiger partial charge in [0.15, 0.2) is 5.16 Å². The predicted molar refractivity (Wildman–Crippen MR) is 113 cm³/mol. The summed E-state index contributed by atoms with van der Waals surface area (Å²) >= 11 is 1.62. The van der Waals surface area contributed by atoms with Crippen molar-refractivity contribution < 1.29 is 14.6 Å². The molecule has 0 aliphatic rings. The van der Waals surface area contributed by atoms with Crippen molar-refractivity contribution in [1.82, 2.24) is 14.5 Å². The summed E-state index contributed by atoms with van der Waals surface area (Å²) < 4.78 is 7.39. The minimum absolute atomic E-state index is 0.288. The molecule has 0 saturated heterocycles. The molecule has 2 aromatic heterocycles. The third kappa shape index (κ3) is 4.25. The molecule has 146 valence electrons. The molecule has 0 atom stereocenters. The number of carboxylic acid groups (broad SMARTS) is 1. The molecule has 0 bridgehead atoms. The highest BCUT2D eigenvalue weighted by atomic mass is 32.2. The second kappa shape index (κ2) is 8.36. The van der Waals surface area contributed by atoms with Crippen molar-refractivity contribution in [1.29, 1.82) is 0 Å². The predicted octanol–water partition coefficient (Wildman–Crippen LogP) is 4.48. The van der Waals surface area contributed by atoms with Gasteiger partial charge in [-0.2, -0.15) is 0 Å².